The number of nitrogens with zero attached hydrogens (tertiary/aromatic N) is 1. The fraction of sp³-hybridized carbons (Fsp3) is 0.647. The number of amides is 2. The van der Waals surface area contributed by atoms with Crippen molar-refractivity contribution in [2.24, 2.45) is 11.7 Å². The van der Waals surface area contributed by atoms with Gasteiger partial charge < -0.3 is 11.1 Å². The van der Waals surface area contributed by atoms with E-state index < -0.39 is 5.91 Å². The number of primary amides is 1. The van der Waals surface area contributed by atoms with Crippen molar-refractivity contribution in [1.82, 2.24) is 4.90 Å². The quantitative estimate of drug-likeness (QED) is 0.887. The lowest BCUT2D eigenvalue weighted by atomic mass is 9.95. The molecule has 2 aliphatic rings. The van der Waals surface area contributed by atoms with Gasteiger partial charge in [-0.2, -0.15) is 0 Å². The zero-order valence-electron chi connectivity index (χ0n) is 13.7. The van der Waals surface area contributed by atoms with E-state index in [1.54, 1.807) is 0 Å². The lowest BCUT2D eigenvalue weighted by molar-refractivity contribution is -0.117. The van der Waals surface area contributed by atoms with Gasteiger partial charge in [0.25, 0.3) is 5.91 Å². The number of rotatable bonds is 4. The van der Waals surface area contributed by atoms with Crippen LogP contribution >= 0.6 is 11.3 Å². The van der Waals surface area contributed by atoms with Crippen LogP contribution in [0.5, 0.6) is 0 Å². The number of aryl methyl sites for hydroxylation is 1. The highest BCUT2D eigenvalue weighted by molar-refractivity contribution is 7.17. The van der Waals surface area contributed by atoms with Crippen LogP contribution < -0.4 is 11.1 Å². The van der Waals surface area contributed by atoms with Crippen LogP contribution in [0, 0.1) is 5.92 Å². The number of nitrogens with one attached hydrogen (secondary N) is 1. The molecule has 2 amide bonds. The van der Waals surface area contributed by atoms with Crippen LogP contribution in [-0.2, 0) is 17.6 Å². The number of anilines is 1. The van der Waals surface area contributed by atoms with Gasteiger partial charge in [-0.3, -0.25) is 14.5 Å². The molecule has 0 aromatic carbocycles. The first kappa shape index (κ1) is 16.5. The average Bonchev–Trinajstić information content (AvgIpc) is 2.87. The Morgan fingerprint density at radius 3 is 2.65 bits per heavy atom. The molecule has 1 aromatic heterocycles. The van der Waals surface area contributed by atoms with Crippen LogP contribution in [0.2, 0.25) is 0 Å². The lowest BCUT2D eigenvalue weighted by Gasteiger charge is -2.29. The predicted molar refractivity (Wildman–Crippen MR) is 92.9 cm³/mol. The fourth-order valence-electron chi connectivity index (χ4n) is 3.50. The maximum atomic E-state index is 12.4. The summed E-state index contributed by atoms with van der Waals surface area (Å²) in [6.45, 7) is 4.59. The molecule has 3 N–H and O–H groups in total. The first-order valence-electron chi connectivity index (χ1n) is 8.51. The Bertz CT molecular complexity index is 603. The molecule has 0 atom stereocenters. The Kier molecular flexibility index (Phi) is 5.02. The topological polar surface area (TPSA) is 75.4 Å². The molecule has 126 valence electrons. The van der Waals surface area contributed by atoms with Crippen LogP contribution in [0.4, 0.5) is 5.00 Å². The third kappa shape index (κ3) is 3.75. The third-order valence-corrected chi connectivity index (χ3v) is 6.12. The van der Waals surface area contributed by atoms with Crippen LogP contribution in [0.15, 0.2) is 0 Å². The summed E-state index contributed by atoms with van der Waals surface area (Å²) in [7, 11) is 0. The molecule has 2 heterocycles. The van der Waals surface area contributed by atoms with Gasteiger partial charge in [0.1, 0.15) is 5.00 Å². The van der Waals surface area contributed by atoms with Gasteiger partial charge in [-0.1, -0.05) is 6.92 Å². The molecule has 1 fully saturated rings. The Morgan fingerprint density at radius 1 is 1.26 bits per heavy atom. The highest BCUT2D eigenvalue weighted by atomic mass is 32.1. The zero-order valence-corrected chi connectivity index (χ0v) is 14.5. The minimum Gasteiger partial charge on any atom is -0.365 e. The summed E-state index contributed by atoms with van der Waals surface area (Å²) in [4.78, 5) is 27.6. The maximum absolute atomic E-state index is 12.4. The normalized spacial score (nSPS) is 19.3. The van der Waals surface area contributed by atoms with E-state index in [-0.39, 0.29) is 5.91 Å². The summed E-state index contributed by atoms with van der Waals surface area (Å²) < 4.78 is 0. The van der Waals surface area contributed by atoms with E-state index in [0.717, 1.165) is 63.1 Å². The summed E-state index contributed by atoms with van der Waals surface area (Å²) in [6.07, 6.45) is 6.40. The molecular formula is C17H25N3O2S. The number of fused-ring (bicyclic) bond motifs is 1. The van der Waals surface area contributed by atoms with Gasteiger partial charge in [0, 0.05) is 4.88 Å². The molecule has 23 heavy (non-hydrogen) atoms. The number of hydrogen-bond acceptors (Lipinski definition) is 4. The van der Waals surface area contributed by atoms with Crippen molar-refractivity contribution >= 4 is 28.2 Å². The SMILES string of the molecule is CC1CCN(CC(=O)Nc2sc3c(c2C(N)=O)CCCC3)CC1. The average molecular weight is 335 g/mol. The second-order valence-corrected chi connectivity index (χ2v) is 7.89. The highest BCUT2D eigenvalue weighted by Gasteiger charge is 2.25. The van der Waals surface area contributed by atoms with Gasteiger partial charge in [0.15, 0.2) is 0 Å². The lowest BCUT2D eigenvalue weighted by Crippen LogP contribution is -2.38. The van der Waals surface area contributed by atoms with Crippen LogP contribution in [0.25, 0.3) is 0 Å². The Hall–Kier alpha value is -1.40. The number of likely N-dealkylation sites (tertiary alicyclic amines) is 1. The number of piperidine rings is 1. The van der Waals surface area contributed by atoms with Crippen molar-refractivity contribution in [2.45, 2.75) is 45.4 Å². The third-order valence-electron chi connectivity index (χ3n) is 4.91. The molecule has 0 saturated carbocycles. The van der Waals surface area contributed by atoms with E-state index in [1.165, 1.54) is 16.2 Å². The zero-order chi connectivity index (χ0) is 16.4. The van der Waals surface area contributed by atoms with Crippen LogP contribution in [-0.4, -0.2) is 36.3 Å². The standard InChI is InChI=1S/C17H25N3O2S/c1-11-6-8-20(9-7-11)10-14(21)19-17-15(16(18)22)12-4-2-3-5-13(12)23-17/h11H,2-10H2,1H3,(H2,18,22)(H,19,21). The molecular weight excluding hydrogens is 310 g/mol. The highest BCUT2D eigenvalue weighted by Crippen LogP contribution is 2.37. The van der Waals surface area contributed by atoms with E-state index in [4.69, 9.17) is 5.73 Å². The van der Waals surface area contributed by atoms with Crippen molar-refractivity contribution < 1.29 is 9.59 Å². The van der Waals surface area contributed by atoms with Gasteiger partial charge in [-0.25, -0.2) is 0 Å². The first-order chi connectivity index (χ1) is 11.0. The minimum atomic E-state index is -0.425. The van der Waals surface area contributed by atoms with E-state index >= 15 is 0 Å². The smallest absolute Gasteiger partial charge is 0.251 e. The second kappa shape index (κ2) is 7.01. The van der Waals surface area contributed by atoms with E-state index in [0.29, 0.717) is 17.1 Å². The van der Waals surface area contributed by atoms with E-state index in [2.05, 4.69) is 17.1 Å². The van der Waals surface area contributed by atoms with E-state index in [1.807, 2.05) is 0 Å². The van der Waals surface area contributed by atoms with Gasteiger partial charge in [-0.15, -0.1) is 11.3 Å². The van der Waals surface area contributed by atoms with Crippen LogP contribution in [0.1, 0.15) is 53.4 Å². The molecule has 1 aliphatic carbocycles. The maximum Gasteiger partial charge on any atom is 0.251 e. The van der Waals surface area contributed by atoms with Crippen molar-refractivity contribution in [3.63, 3.8) is 0 Å². The number of nitrogens with two attached hydrogens (primary N) is 1. The number of carbonyl (C=O) groups excluding carboxylic acids is 2. The number of carbonyl (C=O) groups is 2. The summed E-state index contributed by atoms with van der Waals surface area (Å²) in [6, 6.07) is 0. The Labute approximate surface area is 141 Å². The molecule has 6 heteroatoms. The number of thiophene rings is 1. The molecule has 1 aliphatic heterocycles. The van der Waals surface area contributed by atoms with E-state index in [9.17, 15) is 9.59 Å². The van der Waals surface area contributed by atoms with Crippen molar-refractivity contribution in [3.8, 4) is 0 Å². The minimum absolute atomic E-state index is 0.0411. The summed E-state index contributed by atoms with van der Waals surface area (Å²) in [5, 5.41) is 3.60. The molecule has 0 spiro atoms. The van der Waals surface area contributed by atoms with Gasteiger partial charge in [-0.05, 0) is 63.1 Å². The van der Waals surface area contributed by atoms with Crippen molar-refractivity contribution in [1.29, 1.82) is 0 Å². The Balaban J connectivity index is 1.68. The second-order valence-electron chi connectivity index (χ2n) is 6.79. The molecule has 1 saturated heterocycles. The largest absolute Gasteiger partial charge is 0.365 e. The van der Waals surface area contributed by atoms with Crippen LogP contribution in [0.3, 0.4) is 0 Å². The number of hydrogen-bond donors (Lipinski definition) is 2. The fourth-order valence-corrected chi connectivity index (χ4v) is 4.81. The first-order valence-corrected chi connectivity index (χ1v) is 9.32. The molecule has 1 aromatic rings. The van der Waals surface area contributed by atoms with Crippen molar-refractivity contribution in [2.75, 3.05) is 25.0 Å². The molecule has 5 nitrogen and oxygen atoms in total. The molecule has 0 radical (unpaired) electrons. The summed E-state index contributed by atoms with van der Waals surface area (Å²) >= 11 is 1.53. The monoisotopic (exact) mass is 335 g/mol. The predicted octanol–water partition coefficient (Wildman–Crippen LogP) is 2.40. The molecule has 3 rings (SSSR count). The molecule has 0 bridgehead atoms. The summed E-state index contributed by atoms with van der Waals surface area (Å²) in [5.41, 5.74) is 7.18. The van der Waals surface area contributed by atoms with Gasteiger partial charge in [0.2, 0.25) is 5.91 Å². The van der Waals surface area contributed by atoms with Gasteiger partial charge in [0.05, 0.1) is 12.1 Å². The summed E-state index contributed by atoms with van der Waals surface area (Å²) in [5.74, 6) is 0.284. The Morgan fingerprint density at radius 2 is 1.96 bits per heavy atom. The van der Waals surface area contributed by atoms with Crippen molar-refractivity contribution in [3.05, 3.63) is 16.0 Å². The van der Waals surface area contributed by atoms with Gasteiger partial charge >= 0.3 is 0 Å². The molecule has 0 unspecified atom stereocenters.